The molecule has 0 aliphatic heterocycles. The first-order chi connectivity index (χ1) is 8.84. The van der Waals surface area contributed by atoms with Crippen molar-refractivity contribution < 1.29 is 46.0 Å². The van der Waals surface area contributed by atoms with Crippen molar-refractivity contribution in [2.24, 2.45) is 0 Å². The van der Waals surface area contributed by atoms with Gasteiger partial charge in [-0.1, -0.05) is 18.2 Å². The maximum atomic E-state index is 11.1. The molecule has 6 nitrogen and oxygen atoms in total. The van der Waals surface area contributed by atoms with E-state index in [2.05, 4.69) is 24.7 Å². The number of aliphatic hydroxyl groups excluding tert-OH is 1. The molecule has 7 heteroatoms. The van der Waals surface area contributed by atoms with Crippen LogP contribution in [0, 0.1) is 20.0 Å². The molecule has 0 heterocycles. The molecule has 1 N–H and O–H groups in total. The Hall–Kier alpha value is -1.60. The van der Waals surface area contributed by atoms with Gasteiger partial charge in [-0.2, -0.15) is 0 Å². The van der Waals surface area contributed by atoms with Gasteiger partial charge in [-0.3, -0.25) is 0 Å². The van der Waals surface area contributed by atoms with Crippen LogP contribution in [-0.4, -0.2) is 24.3 Å². The molecule has 0 fully saturated rings. The Kier molecular flexibility index (Phi) is 34.7. The number of hydrogen-bond acceptors (Lipinski definition) is 3. The number of benzene rings is 1. The maximum absolute atomic E-state index is 11.1. The maximum Gasteiger partial charge on any atom is 0 e. The molecular weight excluding hydrogens is 292 g/mol. The van der Waals surface area contributed by atoms with Gasteiger partial charge < -0.3 is 9.84 Å². The topological polar surface area (TPSA) is 106 Å². The molecule has 0 aliphatic rings. The predicted molar refractivity (Wildman–Crippen MR) is 55.6 cm³/mol. The molecule has 0 saturated carbocycles. The smallest absolute Gasteiger partial charge is 0 e. The minimum atomic E-state index is -0.398. The summed E-state index contributed by atoms with van der Waals surface area (Å²) in [7, 11) is 0. The van der Waals surface area contributed by atoms with Crippen LogP contribution in [0.25, 0.3) is 0 Å². The number of carbonyl (C=O) groups is 1. The zero-order chi connectivity index (χ0) is 14.8. The van der Waals surface area contributed by atoms with Crippen LogP contribution in [0.5, 0.6) is 0 Å². The summed E-state index contributed by atoms with van der Waals surface area (Å²) in [5.41, 5.74) is 0.506. The molecule has 0 aromatic heterocycles. The summed E-state index contributed by atoms with van der Waals surface area (Å²) in [4.78, 5) is 11.1. The standard InChI is InChI=1S/C9H10O3.3CO.Cr/c10-6-7-12-9(11)8-4-2-1-3-5-8;3*1-2;/h1-5,10H,6-7H2;;;;. The normalized spacial score (nSPS) is 6.26. The van der Waals surface area contributed by atoms with Gasteiger partial charge in [0.05, 0.1) is 12.2 Å². The van der Waals surface area contributed by atoms with Crippen LogP contribution in [0.4, 0.5) is 0 Å². The molecule has 1 rings (SSSR count). The Morgan fingerprint density at radius 2 is 1.47 bits per heavy atom. The minimum Gasteiger partial charge on any atom is 0 e. The average Bonchev–Trinajstić information content (AvgIpc) is 2.51. The van der Waals surface area contributed by atoms with Crippen molar-refractivity contribution in [2.45, 2.75) is 0 Å². The monoisotopic (exact) mass is 302 g/mol. The zero-order valence-electron chi connectivity index (χ0n) is 9.70. The van der Waals surface area contributed by atoms with Crippen molar-refractivity contribution in [2.75, 3.05) is 13.2 Å². The first kappa shape index (κ1) is 26.1. The molecule has 0 saturated heterocycles. The summed E-state index contributed by atoms with van der Waals surface area (Å²) >= 11 is 0. The minimum absolute atomic E-state index is 0. The van der Waals surface area contributed by atoms with Crippen LogP contribution in [0.3, 0.4) is 0 Å². The first-order valence-electron chi connectivity index (χ1n) is 4.29. The van der Waals surface area contributed by atoms with Gasteiger partial charge in [0.1, 0.15) is 6.61 Å². The van der Waals surface area contributed by atoms with Gasteiger partial charge in [0.25, 0.3) is 0 Å². The molecule has 100 valence electrons. The van der Waals surface area contributed by atoms with E-state index in [9.17, 15) is 4.79 Å². The van der Waals surface area contributed by atoms with Crippen molar-refractivity contribution in [3.05, 3.63) is 55.8 Å². The predicted octanol–water partition coefficient (Wildman–Crippen LogP) is 0.721. The Balaban J connectivity index is -0.000000142. The molecule has 1 aromatic rings. The molecule has 0 amide bonds. The van der Waals surface area contributed by atoms with Gasteiger partial charge in [-0.15, -0.1) is 0 Å². The quantitative estimate of drug-likeness (QED) is 0.505. The molecular formula is C12H10CrO6. The molecule has 0 bridgehead atoms. The van der Waals surface area contributed by atoms with E-state index in [1.54, 1.807) is 24.3 Å². The van der Waals surface area contributed by atoms with Gasteiger partial charge in [0.2, 0.25) is 0 Å². The Labute approximate surface area is 121 Å². The molecule has 0 radical (unpaired) electrons. The van der Waals surface area contributed by atoms with Crippen LogP contribution in [-0.2, 0) is 36.1 Å². The third-order valence-electron chi connectivity index (χ3n) is 1.33. The first-order valence-corrected chi connectivity index (χ1v) is 4.29. The van der Waals surface area contributed by atoms with Gasteiger partial charge in [-0.25, -0.2) is 4.79 Å². The Bertz CT molecular complexity index is 343. The summed E-state index contributed by atoms with van der Waals surface area (Å²) in [5, 5.41) is 8.38. The molecule has 0 spiro atoms. The van der Waals surface area contributed by atoms with E-state index in [4.69, 9.17) is 19.1 Å². The van der Waals surface area contributed by atoms with Crippen molar-refractivity contribution in [3.8, 4) is 0 Å². The number of ether oxygens (including phenoxy) is 1. The number of aliphatic hydroxyl groups is 1. The second-order valence-corrected chi connectivity index (χ2v) is 2.23. The fraction of sp³-hybridized carbons (Fsp3) is 0.167. The summed E-state index contributed by atoms with van der Waals surface area (Å²) in [6.45, 7) is 13.4. The third kappa shape index (κ3) is 16.4. The van der Waals surface area contributed by atoms with Gasteiger partial charge in [0.15, 0.2) is 0 Å². The molecule has 1 aromatic carbocycles. The second-order valence-electron chi connectivity index (χ2n) is 2.23. The Morgan fingerprint density at radius 1 is 1.05 bits per heavy atom. The van der Waals surface area contributed by atoms with Crippen LogP contribution >= 0.6 is 0 Å². The van der Waals surface area contributed by atoms with Crippen molar-refractivity contribution in [3.63, 3.8) is 0 Å². The van der Waals surface area contributed by atoms with Crippen molar-refractivity contribution in [1.82, 2.24) is 0 Å². The molecule has 19 heavy (non-hydrogen) atoms. The summed E-state index contributed by atoms with van der Waals surface area (Å²) in [5.74, 6) is -0.398. The summed E-state index contributed by atoms with van der Waals surface area (Å²) in [6, 6.07) is 8.67. The van der Waals surface area contributed by atoms with E-state index >= 15 is 0 Å². The molecule has 0 aliphatic carbocycles. The largest absolute Gasteiger partial charge is 0 e. The van der Waals surface area contributed by atoms with Gasteiger partial charge in [-0.05, 0) is 12.1 Å². The van der Waals surface area contributed by atoms with Gasteiger partial charge >= 0.3 is 39.9 Å². The zero-order valence-corrected chi connectivity index (χ0v) is 11.0. The van der Waals surface area contributed by atoms with Gasteiger partial charge in [0, 0.05) is 17.4 Å². The summed E-state index contributed by atoms with van der Waals surface area (Å²) in [6.07, 6.45) is 0. The SMILES string of the molecule is O=C(OCCO)c1ccccc1.[C-]#[O+].[C-]#[O+].[C-]#[O+].[Cr]. The number of rotatable bonds is 3. The second kappa shape index (κ2) is 25.3. The van der Waals surface area contributed by atoms with E-state index in [0.717, 1.165) is 0 Å². The fourth-order valence-electron chi connectivity index (χ4n) is 0.796. The van der Waals surface area contributed by atoms with Crippen LogP contribution < -0.4 is 0 Å². The number of hydrogen-bond donors (Lipinski definition) is 1. The van der Waals surface area contributed by atoms with Crippen molar-refractivity contribution >= 4 is 5.97 Å². The number of carbonyl (C=O) groups excluding carboxylic acids is 1. The van der Waals surface area contributed by atoms with E-state index in [-0.39, 0.29) is 30.6 Å². The van der Waals surface area contributed by atoms with Crippen LogP contribution in [0.1, 0.15) is 10.4 Å². The van der Waals surface area contributed by atoms with Crippen LogP contribution in [0.15, 0.2) is 30.3 Å². The van der Waals surface area contributed by atoms with Crippen molar-refractivity contribution in [1.29, 1.82) is 0 Å². The van der Waals surface area contributed by atoms with E-state index < -0.39 is 5.97 Å². The average molecular weight is 302 g/mol. The number of esters is 1. The molecule has 0 atom stereocenters. The fourth-order valence-corrected chi connectivity index (χ4v) is 0.796. The van der Waals surface area contributed by atoms with Crippen LogP contribution in [0.2, 0.25) is 0 Å². The van der Waals surface area contributed by atoms with E-state index in [1.165, 1.54) is 0 Å². The molecule has 0 unspecified atom stereocenters. The summed E-state index contributed by atoms with van der Waals surface area (Å²) < 4.78 is 27.2. The third-order valence-corrected chi connectivity index (χ3v) is 1.33. The Morgan fingerprint density at radius 3 is 1.84 bits per heavy atom. The van der Waals surface area contributed by atoms with E-state index in [1.807, 2.05) is 6.07 Å². The van der Waals surface area contributed by atoms with E-state index in [0.29, 0.717) is 5.56 Å².